The van der Waals surface area contributed by atoms with Crippen molar-refractivity contribution in [3.63, 3.8) is 0 Å². The molecule has 3 nitrogen and oxygen atoms in total. The van der Waals surface area contributed by atoms with Crippen LogP contribution in [0.4, 0.5) is 4.39 Å². The molecule has 1 heterocycles. The average Bonchev–Trinajstić information content (AvgIpc) is 2.88. The van der Waals surface area contributed by atoms with Crippen LogP contribution in [0.3, 0.4) is 0 Å². The summed E-state index contributed by atoms with van der Waals surface area (Å²) in [6, 6.07) is 4.81. The van der Waals surface area contributed by atoms with Crippen molar-refractivity contribution >= 4 is 0 Å². The third kappa shape index (κ3) is 3.43. The van der Waals surface area contributed by atoms with Gasteiger partial charge in [-0.25, -0.2) is 4.39 Å². The van der Waals surface area contributed by atoms with Crippen LogP contribution in [0, 0.1) is 5.82 Å². The first-order valence-corrected chi connectivity index (χ1v) is 6.53. The van der Waals surface area contributed by atoms with Crippen molar-refractivity contribution in [2.24, 2.45) is 5.73 Å². The van der Waals surface area contributed by atoms with Crippen LogP contribution in [0.15, 0.2) is 18.2 Å². The van der Waals surface area contributed by atoms with Crippen molar-refractivity contribution < 1.29 is 13.9 Å². The minimum atomic E-state index is -0.297. The smallest absolute Gasteiger partial charge is 0.131 e. The third-order valence-electron chi connectivity index (χ3n) is 3.23. The Labute approximate surface area is 107 Å². The molecule has 1 aliphatic heterocycles. The zero-order valence-corrected chi connectivity index (χ0v) is 10.5. The van der Waals surface area contributed by atoms with E-state index in [1.165, 1.54) is 6.07 Å². The Balaban J connectivity index is 1.77. The summed E-state index contributed by atoms with van der Waals surface area (Å²) in [5.74, 6) is 0.263. The van der Waals surface area contributed by atoms with E-state index >= 15 is 0 Å². The third-order valence-corrected chi connectivity index (χ3v) is 3.23. The molecular weight excluding hydrogens is 233 g/mol. The average molecular weight is 253 g/mol. The Bertz CT molecular complexity index is 378. The maximum absolute atomic E-state index is 13.4. The van der Waals surface area contributed by atoms with Crippen LogP contribution < -0.4 is 10.5 Å². The van der Waals surface area contributed by atoms with Crippen LogP contribution in [0.1, 0.15) is 31.2 Å². The molecule has 2 rings (SSSR count). The Morgan fingerprint density at radius 2 is 2.33 bits per heavy atom. The first-order valence-electron chi connectivity index (χ1n) is 6.53. The van der Waals surface area contributed by atoms with Gasteiger partial charge in [-0.2, -0.15) is 0 Å². The van der Waals surface area contributed by atoms with Gasteiger partial charge < -0.3 is 15.2 Å². The van der Waals surface area contributed by atoms with Gasteiger partial charge in [0, 0.05) is 18.7 Å². The van der Waals surface area contributed by atoms with Crippen molar-refractivity contribution in [3.8, 4) is 5.75 Å². The van der Waals surface area contributed by atoms with Gasteiger partial charge in [0.15, 0.2) is 0 Å². The largest absolute Gasteiger partial charge is 0.493 e. The van der Waals surface area contributed by atoms with Crippen LogP contribution in [-0.2, 0) is 11.3 Å². The fourth-order valence-corrected chi connectivity index (χ4v) is 2.24. The molecule has 0 bridgehead atoms. The zero-order chi connectivity index (χ0) is 12.8. The van der Waals surface area contributed by atoms with Crippen molar-refractivity contribution in [2.75, 3.05) is 13.2 Å². The summed E-state index contributed by atoms with van der Waals surface area (Å²) in [4.78, 5) is 0. The summed E-state index contributed by atoms with van der Waals surface area (Å²) in [6.07, 6.45) is 4.62. The number of hydrogen-bond acceptors (Lipinski definition) is 3. The summed E-state index contributed by atoms with van der Waals surface area (Å²) >= 11 is 0. The van der Waals surface area contributed by atoms with E-state index in [4.69, 9.17) is 15.2 Å². The van der Waals surface area contributed by atoms with Gasteiger partial charge >= 0.3 is 0 Å². The molecule has 1 unspecified atom stereocenters. The predicted octanol–water partition coefficient (Wildman–Crippen LogP) is 2.62. The highest BCUT2D eigenvalue weighted by Gasteiger charge is 2.15. The van der Waals surface area contributed by atoms with Gasteiger partial charge in [0.2, 0.25) is 0 Å². The van der Waals surface area contributed by atoms with E-state index in [1.807, 2.05) is 0 Å². The second-order valence-corrected chi connectivity index (χ2v) is 4.55. The van der Waals surface area contributed by atoms with Gasteiger partial charge in [-0.3, -0.25) is 0 Å². The highest BCUT2D eigenvalue weighted by atomic mass is 19.1. The first kappa shape index (κ1) is 13.3. The molecule has 2 N–H and O–H groups in total. The molecule has 1 aromatic carbocycles. The molecule has 1 atom stereocenters. The highest BCUT2D eigenvalue weighted by Crippen LogP contribution is 2.22. The van der Waals surface area contributed by atoms with Crippen molar-refractivity contribution in [3.05, 3.63) is 29.6 Å². The molecule has 100 valence electrons. The van der Waals surface area contributed by atoms with E-state index in [1.54, 1.807) is 12.1 Å². The maximum Gasteiger partial charge on any atom is 0.131 e. The van der Waals surface area contributed by atoms with Crippen LogP contribution in [0.2, 0.25) is 0 Å². The van der Waals surface area contributed by atoms with Crippen LogP contribution in [0.25, 0.3) is 0 Å². The van der Waals surface area contributed by atoms with Crippen LogP contribution in [-0.4, -0.2) is 19.3 Å². The second kappa shape index (κ2) is 6.71. The maximum atomic E-state index is 13.4. The quantitative estimate of drug-likeness (QED) is 0.793. The van der Waals surface area contributed by atoms with Gasteiger partial charge in [0.1, 0.15) is 11.6 Å². The normalized spacial score (nSPS) is 19.1. The molecule has 0 aromatic heterocycles. The number of ether oxygens (including phenoxy) is 2. The van der Waals surface area contributed by atoms with E-state index in [-0.39, 0.29) is 12.4 Å². The van der Waals surface area contributed by atoms with E-state index in [9.17, 15) is 4.39 Å². The fourth-order valence-electron chi connectivity index (χ4n) is 2.24. The standard InChI is InChI=1S/C14H20FNO2/c15-13-6-1-7-14(12(13)10-16)18-9-3-5-11-4-2-8-17-11/h1,6-7,11H,2-5,8-10,16H2. The molecule has 18 heavy (non-hydrogen) atoms. The molecule has 0 radical (unpaired) electrons. The summed E-state index contributed by atoms with van der Waals surface area (Å²) in [7, 11) is 0. The molecule has 1 aromatic rings. The molecular formula is C14H20FNO2. The topological polar surface area (TPSA) is 44.5 Å². The van der Waals surface area contributed by atoms with Crippen LogP contribution >= 0.6 is 0 Å². The molecule has 0 spiro atoms. The molecule has 1 aliphatic rings. The van der Waals surface area contributed by atoms with Gasteiger partial charge in [0.05, 0.1) is 12.7 Å². The van der Waals surface area contributed by atoms with Crippen LogP contribution in [0.5, 0.6) is 5.75 Å². The van der Waals surface area contributed by atoms with E-state index in [0.29, 0.717) is 24.0 Å². The van der Waals surface area contributed by atoms with Crippen molar-refractivity contribution in [1.82, 2.24) is 0 Å². The van der Waals surface area contributed by atoms with Gasteiger partial charge in [0.25, 0.3) is 0 Å². The number of nitrogens with two attached hydrogens (primary N) is 1. The number of benzene rings is 1. The monoisotopic (exact) mass is 253 g/mol. The lowest BCUT2D eigenvalue weighted by Crippen LogP contribution is -2.09. The molecule has 1 fully saturated rings. The minimum absolute atomic E-state index is 0.160. The lowest BCUT2D eigenvalue weighted by molar-refractivity contribution is 0.0980. The van der Waals surface area contributed by atoms with Gasteiger partial charge in [-0.1, -0.05) is 6.07 Å². The molecule has 4 heteroatoms. The summed E-state index contributed by atoms with van der Waals surface area (Å²) in [6.45, 7) is 1.62. The first-order chi connectivity index (χ1) is 8.81. The summed E-state index contributed by atoms with van der Waals surface area (Å²) in [5.41, 5.74) is 5.97. The molecule has 0 aliphatic carbocycles. The SMILES string of the molecule is NCc1c(F)cccc1OCCCC1CCCO1. The summed E-state index contributed by atoms with van der Waals surface area (Å²) in [5, 5.41) is 0. The van der Waals surface area contributed by atoms with Crippen molar-refractivity contribution in [2.45, 2.75) is 38.3 Å². The second-order valence-electron chi connectivity index (χ2n) is 4.55. The molecule has 0 saturated carbocycles. The fraction of sp³-hybridized carbons (Fsp3) is 0.571. The Morgan fingerprint density at radius 1 is 1.44 bits per heavy atom. The van der Waals surface area contributed by atoms with E-state index in [2.05, 4.69) is 0 Å². The van der Waals surface area contributed by atoms with Gasteiger partial charge in [-0.15, -0.1) is 0 Å². The number of halogens is 1. The Kier molecular flexibility index (Phi) is 4.96. The lowest BCUT2D eigenvalue weighted by atomic mass is 10.1. The predicted molar refractivity (Wildman–Crippen MR) is 68.0 cm³/mol. The van der Waals surface area contributed by atoms with Crippen molar-refractivity contribution in [1.29, 1.82) is 0 Å². The van der Waals surface area contributed by atoms with Gasteiger partial charge in [-0.05, 0) is 37.8 Å². The number of hydrogen-bond donors (Lipinski definition) is 1. The Morgan fingerprint density at radius 3 is 3.06 bits per heavy atom. The highest BCUT2D eigenvalue weighted by molar-refractivity contribution is 5.34. The summed E-state index contributed by atoms with van der Waals surface area (Å²) < 4.78 is 24.6. The Hall–Kier alpha value is -1.13. The number of rotatable bonds is 6. The molecule has 1 saturated heterocycles. The molecule has 0 amide bonds. The zero-order valence-electron chi connectivity index (χ0n) is 10.5. The lowest BCUT2D eigenvalue weighted by Gasteiger charge is -2.12. The minimum Gasteiger partial charge on any atom is -0.493 e. The van der Waals surface area contributed by atoms with E-state index < -0.39 is 0 Å². The van der Waals surface area contributed by atoms with E-state index in [0.717, 1.165) is 32.3 Å².